The van der Waals surface area contributed by atoms with Gasteiger partial charge in [-0.25, -0.2) is 19.9 Å². The summed E-state index contributed by atoms with van der Waals surface area (Å²) in [4.78, 5) is 54.0. The van der Waals surface area contributed by atoms with E-state index < -0.39 is 5.91 Å². The summed E-state index contributed by atoms with van der Waals surface area (Å²) in [6.07, 6.45) is 4.40. The molecule has 3 heterocycles. The third-order valence-electron chi connectivity index (χ3n) is 4.42. The highest BCUT2D eigenvalue weighted by molar-refractivity contribution is 7.16. The lowest BCUT2D eigenvalue weighted by atomic mass is 10.1. The summed E-state index contributed by atoms with van der Waals surface area (Å²) in [5, 5.41) is 7.87. The minimum Gasteiger partial charge on any atom is -0.465 e. The Morgan fingerprint density at radius 1 is 1.16 bits per heavy atom. The lowest BCUT2D eigenvalue weighted by Crippen LogP contribution is -2.17. The molecule has 1 aliphatic carbocycles. The predicted molar refractivity (Wildman–Crippen MR) is 114 cm³/mol. The number of anilines is 2. The average molecular weight is 459 g/mol. The van der Waals surface area contributed by atoms with Gasteiger partial charge >= 0.3 is 5.97 Å². The summed E-state index contributed by atoms with van der Waals surface area (Å²) in [5.74, 6) is -1.36. The molecule has 1 unspecified atom stereocenters. The number of hydrogen-bond acceptors (Lipinski definition) is 10. The maximum absolute atomic E-state index is 12.4. The first-order valence-electron chi connectivity index (χ1n) is 9.52. The van der Waals surface area contributed by atoms with Crippen molar-refractivity contribution in [1.29, 1.82) is 0 Å². The second-order valence-electron chi connectivity index (χ2n) is 6.57. The van der Waals surface area contributed by atoms with Crippen LogP contribution in [0.4, 0.5) is 10.3 Å². The zero-order valence-electron chi connectivity index (χ0n) is 16.5. The zero-order chi connectivity index (χ0) is 21.8. The van der Waals surface area contributed by atoms with Crippen LogP contribution in [0.3, 0.4) is 0 Å². The molecule has 12 heteroatoms. The first-order valence-corrected chi connectivity index (χ1v) is 11.2. The lowest BCUT2D eigenvalue weighted by Gasteiger charge is -2.07. The summed E-state index contributed by atoms with van der Waals surface area (Å²) in [5.41, 5.74) is 1.21. The summed E-state index contributed by atoms with van der Waals surface area (Å²) in [7, 11) is 0. The van der Waals surface area contributed by atoms with Gasteiger partial charge in [0.25, 0.3) is 5.91 Å². The Kier molecular flexibility index (Phi) is 6.28. The third kappa shape index (κ3) is 4.91. The van der Waals surface area contributed by atoms with Crippen molar-refractivity contribution in [3.63, 3.8) is 0 Å². The smallest absolute Gasteiger partial charge is 0.315 e. The monoisotopic (exact) mass is 458 g/mol. The van der Waals surface area contributed by atoms with Gasteiger partial charge in [-0.15, -0.1) is 22.7 Å². The van der Waals surface area contributed by atoms with Crippen molar-refractivity contribution in [2.24, 2.45) is 0 Å². The Morgan fingerprint density at radius 2 is 1.97 bits per heavy atom. The van der Waals surface area contributed by atoms with Gasteiger partial charge in [0.15, 0.2) is 10.3 Å². The molecule has 0 saturated heterocycles. The Morgan fingerprint density at radius 3 is 2.74 bits per heavy atom. The highest BCUT2D eigenvalue weighted by Gasteiger charge is 2.33. The van der Waals surface area contributed by atoms with Crippen LogP contribution in [0.1, 0.15) is 46.1 Å². The molecule has 31 heavy (non-hydrogen) atoms. The number of fused-ring (bicyclic) bond motifs is 1. The SMILES string of the molecule is CCOC(=O)C1CCc2sc(NC(=O)Cc3csc(NC(=O)c4ncccn4)n3)nc21. The van der Waals surface area contributed by atoms with Gasteiger partial charge in [-0.3, -0.25) is 19.7 Å². The van der Waals surface area contributed by atoms with E-state index in [1.54, 1.807) is 18.4 Å². The molecule has 0 aliphatic heterocycles. The van der Waals surface area contributed by atoms with Crippen LogP contribution >= 0.6 is 22.7 Å². The van der Waals surface area contributed by atoms with Crippen LogP contribution in [0.2, 0.25) is 0 Å². The predicted octanol–water partition coefficient (Wildman–Crippen LogP) is 2.42. The van der Waals surface area contributed by atoms with Crippen LogP contribution in [0.25, 0.3) is 0 Å². The van der Waals surface area contributed by atoms with Gasteiger partial charge < -0.3 is 10.1 Å². The van der Waals surface area contributed by atoms with Gasteiger partial charge in [0.05, 0.1) is 24.4 Å². The lowest BCUT2D eigenvalue weighted by molar-refractivity contribution is -0.145. The van der Waals surface area contributed by atoms with Gasteiger partial charge in [0.2, 0.25) is 11.7 Å². The van der Waals surface area contributed by atoms with Crippen LogP contribution < -0.4 is 10.6 Å². The molecule has 2 N–H and O–H groups in total. The standard InChI is InChI=1S/C19H18N6O4S2/c1-2-29-17(28)11-4-5-12-14(11)24-19(31-12)23-13(26)8-10-9-30-18(22-10)25-16(27)15-20-6-3-7-21-15/h3,6-7,9,11H,2,4-5,8H2,1H3,(H,22,25,27)(H,23,24,26). The molecule has 4 rings (SSSR count). The molecule has 1 atom stereocenters. The van der Waals surface area contributed by atoms with Gasteiger partial charge in [-0.2, -0.15) is 0 Å². The molecule has 0 fully saturated rings. The number of nitrogens with one attached hydrogen (secondary N) is 2. The number of esters is 1. The summed E-state index contributed by atoms with van der Waals surface area (Å²) < 4.78 is 5.10. The number of nitrogens with zero attached hydrogens (tertiary/aromatic N) is 4. The van der Waals surface area contributed by atoms with E-state index in [2.05, 4.69) is 30.6 Å². The van der Waals surface area contributed by atoms with Crippen LogP contribution in [-0.2, 0) is 27.2 Å². The highest BCUT2D eigenvalue weighted by atomic mass is 32.1. The molecule has 0 spiro atoms. The van der Waals surface area contributed by atoms with E-state index in [0.29, 0.717) is 34.7 Å². The largest absolute Gasteiger partial charge is 0.465 e. The first kappa shape index (κ1) is 21.0. The van der Waals surface area contributed by atoms with Gasteiger partial charge in [-0.05, 0) is 25.8 Å². The molecule has 0 aromatic carbocycles. The molecule has 0 bridgehead atoms. The zero-order valence-corrected chi connectivity index (χ0v) is 18.1. The van der Waals surface area contributed by atoms with Crippen molar-refractivity contribution in [3.8, 4) is 0 Å². The van der Waals surface area contributed by atoms with Gasteiger partial charge in [0.1, 0.15) is 5.92 Å². The Labute approximate surface area is 185 Å². The van der Waals surface area contributed by atoms with Crippen molar-refractivity contribution in [3.05, 3.63) is 45.9 Å². The molecular weight excluding hydrogens is 440 g/mol. The van der Waals surface area contributed by atoms with E-state index in [1.165, 1.54) is 35.1 Å². The summed E-state index contributed by atoms with van der Waals surface area (Å²) in [6, 6.07) is 1.62. The number of ether oxygens (including phenoxy) is 1. The minimum atomic E-state index is -0.473. The molecule has 2 amide bonds. The van der Waals surface area contributed by atoms with Crippen molar-refractivity contribution < 1.29 is 19.1 Å². The second kappa shape index (κ2) is 9.27. The Bertz CT molecular complexity index is 1110. The van der Waals surface area contributed by atoms with Crippen LogP contribution in [0, 0.1) is 0 Å². The van der Waals surface area contributed by atoms with Crippen molar-refractivity contribution in [2.75, 3.05) is 17.2 Å². The number of carbonyl (C=O) groups is 3. The average Bonchev–Trinajstić information content (AvgIpc) is 3.45. The van der Waals surface area contributed by atoms with E-state index in [4.69, 9.17) is 4.74 Å². The van der Waals surface area contributed by atoms with E-state index in [9.17, 15) is 14.4 Å². The number of aryl methyl sites for hydroxylation is 1. The van der Waals surface area contributed by atoms with Crippen LogP contribution in [0.5, 0.6) is 0 Å². The number of hydrogen-bond donors (Lipinski definition) is 2. The molecule has 3 aromatic rings. The molecule has 0 saturated carbocycles. The van der Waals surface area contributed by atoms with Crippen molar-refractivity contribution >= 4 is 50.7 Å². The summed E-state index contributed by atoms with van der Waals surface area (Å²) in [6.45, 7) is 2.10. The molecule has 3 aromatic heterocycles. The normalized spacial score (nSPS) is 14.7. The van der Waals surface area contributed by atoms with E-state index in [0.717, 1.165) is 11.3 Å². The maximum atomic E-state index is 12.4. The van der Waals surface area contributed by atoms with Crippen molar-refractivity contribution in [2.45, 2.75) is 32.1 Å². The van der Waals surface area contributed by atoms with Crippen LogP contribution in [-0.4, -0.2) is 44.3 Å². The highest BCUT2D eigenvalue weighted by Crippen LogP contribution is 2.39. The van der Waals surface area contributed by atoms with Gasteiger partial charge in [-0.1, -0.05) is 0 Å². The molecule has 0 radical (unpaired) electrons. The Hall–Kier alpha value is -3.25. The Balaban J connectivity index is 1.34. The third-order valence-corrected chi connectivity index (χ3v) is 6.27. The number of amides is 2. The van der Waals surface area contributed by atoms with E-state index >= 15 is 0 Å². The second-order valence-corrected chi connectivity index (χ2v) is 8.51. The molecule has 160 valence electrons. The van der Waals surface area contributed by atoms with Crippen molar-refractivity contribution in [1.82, 2.24) is 19.9 Å². The maximum Gasteiger partial charge on any atom is 0.315 e. The topological polar surface area (TPSA) is 136 Å². The first-order chi connectivity index (χ1) is 15.0. The quantitative estimate of drug-likeness (QED) is 0.515. The fourth-order valence-electron chi connectivity index (χ4n) is 3.10. The van der Waals surface area contributed by atoms with Crippen LogP contribution in [0.15, 0.2) is 23.8 Å². The number of carbonyl (C=O) groups excluding carboxylic acids is 3. The minimum absolute atomic E-state index is 0.0275. The van der Waals surface area contributed by atoms with E-state index in [-0.39, 0.29) is 30.0 Å². The molecular formula is C19H18N6O4S2. The fourth-order valence-corrected chi connectivity index (χ4v) is 4.86. The number of rotatable bonds is 7. The molecule has 1 aliphatic rings. The van der Waals surface area contributed by atoms with Gasteiger partial charge in [0, 0.05) is 22.7 Å². The number of thiazole rings is 2. The number of aromatic nitrogens is 4. The van der Waals surface area contributed by atoms with E-state index in [1.807, 2.05) is 0 Å². The molecule has 10 nitrogen and oxygen atoms in total. The summed E-state index contributed by atoms with van der Waals surface area (Å²) >= 11 is 2.58. The fraction of sp³-hybridized carbons (Fsp3) is 0.316.